The second-order valence-electron chi connectivity index (χ2n) is 5.78. The lowest BCUT2D eigenvalue weighted by Crippen LogP contribution is -2.37. The maximum absolute atomic E-state index is 12.8. The number of hydrogen-bond acceptors (Lipinski definition) is 3. The first kappa shape index (κ1) is 13.5. The molecule has 0 saturated carbocycles. The summed E-state index contributed by atoms with van der Waals surface area (Å²) in [6, 6.07) is 6.22. The fraction of sp³-hybridized carbons (Fsp3) is 0.533. The Morgan fingerprint density at radius 2 is 1.90 bits per heavy atom. The number of fused-ring (bicyclic) bond motifs is 1. The molecular weight excluding hydrogens is 257 g/mol. The van der Waals surface area contributed by atoms with E-state index in [0.29, 0.717) is 24.9 Å². The first-order chi connectivity index (χ1) is 9.70. The van der Waals surface area contributed by atoms with Gasteiger partial charge in [0, 0.05) is 19.6 Å². The highest BCUT2D eigenvalue weighted by Crippen LogP contribution is 2.25. The number of carbonyl (C=O) groups excluding carboxylic acids is 1. The van der Waals surface area contributed by atoms with E-state index in [0.717, 1.165) is 31.7 Å². The van der Waals surface area contributed by atoms with Crippen molar-refractivity contribution in [2.45, 2.75) is 6.54 Å². The molecule has 2 aliphatic heterocycles. The van der Waals surface area contributed by atoms with E-state index >= 15 is 0 Å². The molecule has 0 spiro atoms. The van der Waals surface area contributed by atoms with Crippen molar-refractivity contribution in [3.8, 4) is 0 Å². The molecule has 20 heavy (non-hydrogen) atoms. The molecule has 3 rings (SSSR count). The molecule has 2 saturated heterocycles. The van der Waals surface area contributed by atoms with Crippen LogP contribution in [0, 0.1) is 17.7 Å². The van der Waals surface area contributed by atoms with Crippen LogP contribution in [-0.4, -0.2) is 43.5 Å². The minimum atomic E-state index is -0.253. The Bertz CT molecular complexity index is 465. The molecule has 2 aliphatic rings. The molecule has 2 atom stereocenters. The van der Waals surface area contributed by atoms with Crippen molar-refractivity contribution in [1.82, 2.24) is 15.5 Å². The SMILES string of the molecule is O=C(CN1C[C@H]2CNC[C@H]2C1)NCc1ccc(F)cc1. The lowest BCUT2D eigenvalue weighted by atomic mass is 10.0. The Labute approximate surface area is 118 Å². The quantitative estimate of drug-likeness (QED) is 0.847. The molecule has 2 heterocycles. The van der Waals surface area contributed by atoms with Gasteiger partial charge in [0.1, 0.15) is 5.82 Å². The predicted molar refractivity (Wildman–Crippen MR) is 74.5 cm³/mol. The number of nitrogens with one attached hydrogen (secondary N) is 2. The summed E-state index contributed by atoms with van der Waals surface area (Å²) in [6.45, 7) is 5.12. The normalized spacial score (nSPS) is 25.6. The molecule has 2 fully saturated rings. The minimum Gasteiger partial charge on any atom is -0.351 e. The van der Waals surface area contributed by atoms with Gasteiger partial charge in [-0.15, -0.1) is 0 Å². The van der Waals surface area contributed by atoms with Gasteiger partial charge in [-0.05, 0) is 42.6 Å². The van der Waals surface area contributed by atoms with Crippen LogP contribution in [-0.2, 0) is 11.3 Å². The third-order valence-corrected chi connectivity index (χ3v) is 4.24. The van der Waals surface area contributed by atoms with Gasteiger partial charge >= 0.3 is 0 Å². The number of likely N-dealkylation sites (tertiary alicyclic amines) is 1. The average Bonchev–Trinajstić information content (AvgIpc) is 2.99. The minimum absolute atomic E-state index is 0.0438. The Balaban J connectivity index is 1.42. The second kappa shape index (κ2) is 5.89. The molecule has 108 valence electrons. The zero-order chi connectivity index (χ0) is 13.9. The summed E-state index contributed by atoms with van der Waals surface area (Å²) in [5.74, 6) is 1.21. The van der Waals surface area contributed by atoms with Crippen molar-refractivity contribution < 1.29 is 9.18 Å². The predicted octanol–water partition coefficient (Wildman–Crippen LogP) is 0.593. The van der Waals surface area contributed by atoms with E-state index in [9.17, 15) is 9.18 Å². The molecule has 2 N–H and O–H groups in total. The van der Waals surface area contributed by atoms with E-state index in [2.05, 4.69) is 15.5 Å². The van der Waals surface area contributed by atoms with E-state index in [1.54, 1.807) is 12.1 Å². The van der Waals surface area contributed by atoms with E-state index in [1.165, 1.54) is 12.1 Å². The van der Waals surface area contributed by atoms with Crippen LogP contribution in [0.4, 0.5) is 4.39 Å². The lowest BCUT2D eigenvalue weighted by molar-refractivity contribution is -0.122. The third kappa shape index (κ3) is 3.16. The number of benzene rings is 1. The summed E-state index contributed by atoms with van der Waals surface area (Å²) in [4.78, 5) is 14.1. The molecule has 0 bridgehead atoms. The van der Waals surface area contributed by atoms with Gasteiger partial charge in [-0.1, -0.05) is 12.1 Å². The zero-order valence-electron chi connectivity index (χ0n) is 11.4. The van der Waals surface area contributed by atoms with E-state index in [4.69, 9.17) is 0 Å². The van der Waals surface area contributed by atoms with Gasteiger partial charge in [0.25, 0.3) is 0 Å². The van der Waals surface area contributed by atoms with Gasteiger partial charge in [0.05, 0.1) is 6.54 Å². The van der Waals surface area contributed by atoms with Crippen LogP contribution in [0.3, 0.4) is 0 Å². The first-order valence-electron chi connectivity index (χ1n) is 7.15. The fourth-order valence-corrected chi connectivity index (χ4v) is 3.14. The molecule has 1 amide bonds. The molecule has 0 unspecified atom stereocenters. The van der Waals surface area contributed by atoms with Gasteiger partial charge in [-0.2, -0.15) is 0 Å². The second-order valence-corrected chi connectivity index (χ2v) is 5.78. The summed E-state index contributed by atoms with van der Waals surface area (Å²) in [6.07, 6.45) is 0. The topological polar surface area (TPSA) is 44.4 Å². The highest BCUT2D eigenvalue weighted by molar-refractivity contribution is 5.78. The maximum atomic E-state index is 12.8. The van der Waals surface area contributed by atoms with Gasteiger partial charge in [0.2, 0.25) is 5.91 Å². The van der Waals surface area contributed by atoms with Gasteiger partial charge in [-0.25, -0.2) is 4.39 Å². The van der Waals surface area contributed by atoms with Crippen molar-refractivity contribution in [3.63, 3.8) is 0 Å². The van der Waals surface area contributed by atoms with E-state index in [1.807, 2.05) is 0 Å². The number of hydrogen-bond donors (Lipinski definition) is 2. The molecule has 1 aromatic rings. The fourth-order valence-electron chi connectivity index (χ4n) is 3.14. The van der Waals surface area contributed by atoms with Crippen molar-refractivity contribution in [3.05, 3.63) is 35.6 Å². The maximum Gasteiger partial charge on any atom is 0.234 e. The van der Waals surface area contributed by atoms with Crippen LogP contribution in [0.25, 0.3) is 0 Å². The Morgan fingerprint density at radius 1 is 1.25 bits per heavy atom. The molecule has 0 aliphatic carbocycles. The highest BCUT2D eigenvalue weighted by atomic mass is 19.1. The lowest BCUT2D eigenvalue weighted by Gasteiger charge is -2.16. The number of carbonyl (C=O) groups is 1. The van der Waals surface area contributed by atoms with Crippen LogP contribution >= 0.6 is 0 Å². The number of amides is 1. The standard InChI is InChI=1S/C15H20FN3O/c16-14-3-1-11(2-4-14)5-18-15(20)10-19-8-12-6-17-7-13(12)9-19/h1-4,12-13,17H,5-10H2,(H,18,20)/t12-,13+. The third-order valence-electron chi connectivity index (χ3n) is 4.24. The zero-order valence-corrected chi connectivity index (χ0v) is 11.4. The number of halogens is 1. The molecule has 0 radical (unpaired) electrons. The van der Waals surface area contributed by atoms with Crippen molar-refractivity contribution in [2.24, 2.45) is 11.8 Å². The van der Waals surface area contributed by atoms with Crippen LogP contribution in [0.5, 0.6) is 0 Å². The average molecular weight is 277 g/mol. The van der Waals surface area contributed by atoms with Crippen LogP contribution in [0.15, 0.2) is 24.3 Å². The van der Waals surface area contributed by atoms with E-state index < -0.39 is 0 Å². The van der Waals surface area contributed by atoms with Crippen molar-refractivity contribution in [1.29, 1.82) is 0 Å². The smallest absolute Gasteiger partial charge is 0.234 e. The summed E-state index contributed by atoms with van der Waals surface area (Å²) in [5.41, 5.74) is 0.919. The molecule has 4 nitrogen and oxygen atoms in total. The molecule has 1 aromatic carbocycles. The largest absolute Gasteiger partial charge is 0.351 e. The Kier molecular flexibility index (Phi) is 3.98. The van der Waals surface area contributed by atoms with Crippen LogP contribution in [0.2, 0.25) is 0 Å². The molecular formula is C15H20FN3O. The molecule has 5 heteroatoms. The summed E-state index contributed by atoms with van der Waals surface area (Å²) in [7, 11) is 0. The monoisotopic (exact) mass is 277 g/mol. The summed E-state index contributed by atoms with van der Waals surface area (Å²) < 4.78 is 12.8. The first-order valence-corrected chi connectivity index (χ1v) is 7.15. The molecule has 0 aromatic heterocycles. The van der Waals surface area contributed by atoms with E-state index in [-0.39, 0.29) is 11.7 Å². The summed E-state index contributed by atoms with van der Waals surface area (Å²) >= 11 is 0. The van der Waals surface area contributed by atoms with Crippen molar-refractivity contribution >= 4 is 5.91 Å². The van der Waals surface area contributed by atoms with Crippen molar-refractivity contribution in [2.75, 3.05) is 32.7 Å². The number of rotatable bonds is 4. The van der Waals surface area contributed by atoms with Crippen LogP contribution in [0.1, 0.15) is 5.56 Å². The Hall–Kier alpha value is -1.46. The number of nitrogens with zero attached hydrogens (tertiary/aromatic N) is 1. The van der Waals surface area contributed by atoms with Gasteiger partial charge in [0.15, 0.2) is 0 Å². The van der Waals surface area contributed by atoms with Crippen LogP contribution < -0.4 is 10.6 Å². The van der Waals surface area contributed by atoms with Gasteiger partial charge in [-0.3, -0.25) is 9.69 Å². The highest BCUT2D eigenvalue weighted by Gasteiger charge is 2.36. The van der Waals surface area contributed by atoms with Gasteiger partial charge < -0.3 is 10.6 Å². The summed E-state index contributed by atoms with van der Waals surface area (Å²) in [5, 5.41) is 6.28. The Morgan fingerprint density at radius 3 is 2.55 bits per heavy atom.